The zero-order valence-electron chi connectivity index (χ0n) is 11.4. The molecule has 1 aliphatic rings. The van der Waals surface area contributed by atoms with Crippen molar-refractivity contribution in [1.82, 2.24) is 10.2 Å². The Labute approximate surface area is 109 Å². The van der Waals surface area contributed by atoms with Crippen molar-refractivity contribution in [3.8, 4) is 0 Å². The fraction of sp³-hybridized carbons (Fsp3) is 0.846. The van der Waals surface area contributed by atoms with Crippen LogP contribution in [0.2, 0.25) is 0 Å². The lowest BCUT2D eigenvalue weighted by Crippen LogP contribution is -2.47. The van der Waals surface area contributed by atoms with Gasteiger partial charge in [-0.2, -0.15) is 0 Å². The first-order chi connectivity index (χ1) is 8.60. The topological polar surface area (TPSA) is 75.4 Å². The number of carbonyl (C=O) groups excluding carboxylic acids is 2. The molecule has 0 aromatic heterocycles. The number of hydrogen-bond acceptors (Lipinski definition) is 3. The first kappa shape index (κ1) is 15.0. The molecule has 2 unspecified atom stereocenters. The highest BCUT2D eigenvalue weighted by Crippen LogP contribution is 2.18. The molecule has 1 rings (SSSR count). The summed E-state index contributed by atoms with van der Waals surface area (Å²) in [6.45, 7) is 5.83. The van der Waals surface area contributed by atoms with Crippen molar-refractivity contribution in [2.24, 2.45) is 11.7 Å². The normalized spacial score (nSPS) is 20.8. The number of amides is 2. The van der Waals surface area contributed by atoms with Gasteiger partial charge in [-0.25, -0.2) is 0 Å². The van der Waals surface area contributed by atoms with Crippen molar-refractivity contribution < 1.29 is 9.59 Å². The molecule has 5 heteroatoms. The molecule has 0 radical (unpaired) electrons. The first-order valence-corrected chi connectivity index (χ1v) is 6.87. The molecule has 0 spiro atoms. The summed E-state index contributed by atoms with van der Waals surface area (Å²) >= 11 is 0. The third-order valence-electron chi connectivity index (χ3n) is 3.37. The maximum Gasteiger partial charge on any atom is 0.242 e. The second-order valence-electron chi connectivity index (χ2n) is 5.08. The van der Waals surface area contributed by atoms with Gasteiger partial charge in [0.15, 0.2) is 0 Å². The van der Waals surface area contributed by atoms with Crippen LogP contribution in [-0.2, 0) is 9.59 Å². The number of nitrogens with zero attached hydrogens (tertiary/aromatic N) is 1. The molecule has 18 heavy (non-hydrogen) atoms. The van der Waals surface area contributed by atoms with Crippen LogP contribution in [0.25, 0.3) is 0 Å². The monoisotopic (exact) mass is 255 g/mol. The zero-order valence-corrected chi connectivity index (χ0v) is 11.4. The van der Waals surface area contributed by atoms with Crippen LogP contribution in [-0.4, -0.2) is 42.4 Å². The highest BCUT2D eigenvalue weighted by Gasteiger charge is 2.33. The van der Waals surface area contributed by atoms with Gasteiger partial charge in [0.25, 0.3) is 0 Å². The Kier molecular flexibility index (Phi) is 6.12. The Morgan fingerprint density at radius 3 is 2.83 bits per heavy atom. The SMILES string of the molecule is CCCC(=O)N1CCCC1C(=O)NCC(C)CN. The molecule has 0 aliphatic carbocycles. The van der Waals surface area contributed by atoms with E-state index in [1.807, 2.05) is 13.8 Å². The van der Waals surface area contributed by atoms with Crippen LogP contribution in [0.15, 0.2) is 0 Å². The van der Waals surface area contributed by atoms with Crippen LogP contribution < -0.4 is 11.1 Å². The van der Waals surface area contributed by atoms with Gasteiger partial charge in [0.05, 0.1) is 0 Å². The van der Waals surface area contributed by atoms with Gasteiger partial charge in [0, 0.05) is 19.5 Å². The molecule has 1 aliphatic heterocycles. The van der Waals surface area contributed by atoms with E-state index >= 15 is 0 Å². The minimum Gasteiger partial charge on any atom is -0.354 e. The Morgan fingerprint density at radius 1 is 1.50 bits per heavy atom. The van der Waals surface area contributed by atoms with Crippen molar-refractivity contribution in [2.75, 3.05) is 19.6 Å². The minimum absolute atomic E-state index is 0.0303. The van der Waals surface area contributed by atoms with E-state index in [2.05, 4.69) is 5.32 Å². The van der Waals surface area contributed by atoms with E-state index in [9.17, 15) is 9.59 Å². The highest BCUT2D eigenvalue weighted by molar-refractivity contribution is 5.88. The van der Waals surface area contributed by atoms with E-state index in [1.165, 1.54) is 0 Å². The largest absolute Gasteiger partial charge is 0.354 e. The second-order valence-corrected chi connectivity index (χ2v) is 5.08. The predicted molar refractivity (Wildman–Crippen MR) is 70.9 cm³/mol. The Balaban J connectivity index is 2.48. The molecule has 5 nitrogen and oxygen atoms in total. The molecule has 2 amide bonds. The lowest BCUT2D eigenvalue weighted by atomic mass is 10.1. The van der Waals surface area contributed by atoms with Crippen LogP contribution in [0.3, 0.4) is 0 Å². The summed E-state index contributed by atoms with van der Waals surface area (Å²) in [5, 5.41) is 2.89. The van der Waals surface area contributed by atoms with Crippen molar-refractivity contribution in [3.63, 3.8) is 0 Å². The molecule has 1 heterocycles. The van der Waals surface area contributed by atoms with Crippen LogP contribution in [0.1, 0.15) is 39.5 Å². The van der Waals surface area contributed by atoms with Crippen LogP contribution >= 0.6 is 0 Å². The van der Waals surface area contributed by atoms with Gasteiger partial charge in [0.1, 0.15) is 6.04 Å². The number of carbonyl (C=O) groups is 2. The molecule has 0 aromatic carbocycles. The Morgan fingerprint density at radius 2 is 2.22 bits per heavy atom. The fourth-order valence-corrected chi connectivity index (χ4v) is 2.17. The minimum atomic E-state index is -0.269. The molecule has 1 fully saturated rings. The number of likely N-dealkylation sites (tertiary alicyclic amines) is 1. The smallest absolute Gasteiger partial charge is 0.242 e. The average molecular weight is 255 g/mol. The molecular weight excluding hydrogens is 230 g/mol. The summed E-state index contributed by atoms with van der Waals surface area (Å²) < 4.78 is 0. The van der Waals surface area contributed by atoms with Gasteiger partial charge in [0.2, 0.25) is 11.8 Å². The van der Waals surface area contributed by atoms with Gasteiger partial charge in [-0.15, -0.1) is 0 Å². The average Bonchev–Trinajstić information content (AvgIpc) is 2.85. The van der Waals surface area contributed by atoms with E-state index in [-0.39, 0.29) is 23.8 Å². The van der Waals surface area contributed by atoms with E-state index in [0.29, 0.717) is 26.1 Å². The molecule has 1 saturated heterocycles. The Bertz CT molecular complexity index is 294. The lowest BCUT2D eigenvalue weighted by Gasteiger charge is -2.24. The van der Waals surface area contributed by atoms with Crippen molar-refractivity contribution >= 4 is 11.8 Å². The van der Waals surface area contributed by atoms with E-state index in [4.69, 9.17) is 5.73 Å². The summed E-state index contributed by atoms with van der Waals surface area (Å²) in [6.07, 6.45) is 3.05. The zero-order chi connectivity index (χ0) is 13.5. The third-order valence-corrected chi connectivity index (χ3v) is 3.37. The van der Waals surface area contributed by atoms with Crippen molar-refractivity contribution in [3.05, 3.63) is 0 Å². The number of hydrogen-bond donors (Lipinski definition) is 2. The number of rotatable bonds is 6. The predicted octanol–water partition coefficient (Wildman–Crippen LogP) is 0.489. The van der Waals surface area contributed by atoms with E-state index in [0.717, 1.165) is 19.3 Å². The van der Waals surface area contributed by atoms with E-state index < -0.39 is 0 Å². The summed E-state index contributed by atoms with van der Waals surface area (Å²) in [5.74, 6) is 0.342. The molecule has 104 valence electrons. The van der Waals surface area contributed by atoms with Crippen LogP contribution in [0.4, 0.5) is 0 Å². The molecule has 2 atom stereocenters. The Hall–Kier alpha value is -1.10. The summed E-state index contributed by atoms with van der Waals surface area (Å²) in [6, 6.07) is -0.269. The van der Waals surface area contributed by atoms with Gasteiger partial charge < -0.3 is 16.0 Å². The second kappa shape index (κ2) is 7.36. The summed E-state index contributed by atoms with van der Waals surface area (Å²) in [7, 11) is 0. The van der Waals surface area contributed by atoms with Gasteiger partial charge >= 0.3 is 0 Å². The lowest BCUT2D eigenvalue weighted by molar-refractivity contribution is -0.138. The maximum absolute atomic E-state index is 12.0. The van der Waals surface area contributed by atoms with Crippen molar-refractivity contribution in [1.29, 1.82) is 0 Å². The standard InChI is InChI=1S/C13H25N3O2/c1-3-5-12(17)16-7-4-6-11(16)13(18)15-9-10(2)8-14/h10-11H,3-9,14H2,1-2H3,(H,15,18). The molecule has 0 aromatic rings. The number of nitrogens with two attached hydrogens (primary N) is 1. The van der Waals surface area contributed by atoms with Gasteiger partial charge in [-0.1, -0.05) is 13.8 Å². The molecular formula is C13H25N3O2. The highest BCUT2D eigenvalue weighted by atomic mass is 16.2. The first-order valence-electron chi connectivity index (χ1n) is 6.87. The van der Waals surface area contributed by atoms with Crippen molar-refractivity contribution in [2.45, 2.75) is 45.6 Å². The summed E-state index contributed by atoms with van der Waals surface area (Å²) in [5.41, 5.74) is 5.51. The fourth-order valence-electron chi connectivity index (χ4n) is 2.17. The van der Waals surface area contributed by atoms with Crippen LogP contribution in [0, 0.1) is 5.92 Å². The van der Waals surface area contributed by atoms with Gasteiger partial charge in [-0.3, -0.25) is 9.59 Å². The quantitative estimate of drug-likeness (QED) is 0.725. The maximum atomic E-state index is 12.0. The molecule has 3 N–H and O–H groups in total. The van der Waals surface area contributed by atoms with Gasteiger partial charge in [-0.05, 0) is 31.7 Å². The van der Waals surface area contributed by atoms with E-state index in [1.54, 1.807) is 4.90 Å². The summed E-state index contributed by atoms with van der Waals surface area (Å²) in [4.78, 5) is 25.6. The molecule has 0 bridgehead atoms. The molecule has 0 saturated carbocycles. The number of nitrogens with one attached hydrogen (secondary N) is 1. The third kappa shape index (κ3) is 3.98. The van der Waals surface area contributed by atoms with Crippen LogP contribution in [0.5, 0.6) is 0 Å².